The van der Waals surface area contributed by atoms with E-state index in [1.165, 1.54) is 0 Å². The van der Waals surface area contributed by atoms with Crippen molar-refractivity contribution in [2.75, 3.05) is 6.54 Å². The number of nitrogens with two attached hydrogens (primary N) is 1. The standard InChI is InChI=1S/C3H9N.C2HF6NO4S2/c1-2-3-4;3-1(4,5)14(10,11)9-15(12,13)2(6,7)8/h2-4H2,1H3;9H. The van der Waals surface area contributed by atoms with Crippen LogP contribution in [0.1, 0.15) is 13.3 Å². The van der Waals surface area contributed by atoms with Crippen LogP contribution in [0.5, 0.6) is 0 Å². The fourth-order valence-corrected chi connectivity index (χ4v) is 2.15. The molecular formula is C5H10F6N2O4S2. The summed E-state index contributed by atoms with van der Waals surface area (Å²) in [4.78, 5) is 0. The number of sulfonamides is 2. The molecule has 14 heteroatoms. The van der Waals surface area contributed by atoms with Crippen LogP contribution < -0.4 is 9.86 Å². The molecule has 0 aromatic rings. The van der Waals surface area contributed by atoms with Crippen LogP contribution in [0.2, 0.25) is 0 Å². The average Bonchev–Trinajstić information content (AvgIpc) is 2.13. The van der Waals surface area contributed by atoms with Crippen LogP contribution in [0.3, 0.4) is 0 Å². The lowest BCUT2D eigenvalue weighted by Crippen LogP contribution is -2.45. The van der Waals surface area contributed by atoms with Gasteiger partial charge in [0.2, 0.25) is 0 Å². The minimum absolute atomic E-state index is 0.493. The lowest BCUT2D eigenvalue weighted by atomic mass is 10.5. The number of nitrogens with one attached hydrogen (secondary N) is 1. The van der Waals surface area contributed by atoms with Gasteiger partial charge in [-0.25, -0.2) is 16.8 Å². The molecule has 19 heavy (non-hydrogen) atoms. The van der Waals surface area contributed by atoms with E-state index in [1.54, 1.807) is 0 Å². The Kier molecular flexibility index (Phi) is 7.32. The molecule has 3 N–H and O–H groups in total. The first-order valence-corrected chi connectivity index (χ1v) is 7.20. The minimum Gasteiger partial charge on any atom is -0.330 e. The van der Waals surface area contributed by atoms with Crippen molar-refractivity contribution in [2.45, 2.75) is 24.4 Å². The number of rotatable bonds is 3. The molecule has 118 valence electrons. The van der Waals surface area contributed by atoms with Gasteiger partial charge in [-0.1, -0.05) is 11.1 Å². The molecule has 0 aromatic carbocycles. The second kappa shape index (κ2) is 6.71. The minimum atomic E-state index is -6.60. The van der Waals surface area contributed by atoms with Crippen LogP contribution in [0.15, 0.2) is 0 Å². The fourth-order valence-electron chi connectivity index (χ4n) is 0.239. The summed E-state index contributed by atoms with van der Waals surface area (Å²) in [7, 11) is -13.2. The molecule has 0 aromatic heterocycles. The molecule has 0 radical (unpaired) electrons. The highest BCUT2D eigenvalue weighted by Crippen LogP contribution is 2.27. The second-order valence-electron chi connectivity index (χ2n) is 2.77. The molecule has 0 saturated heterocycles. The van der Waals surface area contributed by atoms with Gasteiger partial charge in [-0.05, 0) is 13.0 Å². The molecule has 0 rings (SSSR count). The Hall–Kier alpha value is -0.600. The number of alkyl halides is 6. The van der Waals surface area contributed by atoms with E-state index in [0.717, 1.165) is 13.0 Å². The van der Waals surface area contributed by atoms with Crippen LogP contribution in [-0.4, -0.2) is 34.4 Å². The number of hydrogen-bond acceptors (Lipinski definition) is 5. The summed E-state index contributed by atoms with van der Waals surface area (Å²) < 4.78 is 108. The monoisotopic (exact) mass is 340 g/mol. The van der Waals surface area contributed by atoms with Crippen LogP contribution in [0.25, 0.3) is 0 Å². The highest BCUT2D eigenvalue weighted by atomic mass is 32.3. The van der Waals surface area contributed by atoms with Crippen LogP contribution in [0.4, 0.5) is 26.3 Å². The van der Waals surface area contributed by atoms with Crippen molar-refractivity contribution in [3.8, 4) is 0 Å². The van der Waals surface area contributed by atoms with E-state index >= 15 is 0 Å². The Balaban J connectivity index is 0. The molecule has 0 aliphatic heterocycles. The Bertz CT molecular complexity index is 421. The predicted molar refractivity (Wildman–Crippen MR) is 52.4 cm³/mol. The van der Waals surface area contributed by atoms with Crippen LogP contribution in [0, 0.1) is 0 Å². The van der Waals surface area contributed by atoms with E-state index in [4.69, 9.17) is 5.73 Å². The molecule has 0 saturated carbocycles. The number of hydrogen-bond donors (Lipinski definition) is 2. The van der Waals surface area contributed by atoms with Gasteiger partial charge in [-0.2, -0.15) is 26.3 Å². The van der Waals surface area contributed by atoms with Gasteiger partial charge in [-0.3, -0.25) is 0 Å². The molecular weight excluding hydrogens is 330 g/mol. The Morgan fingerprint density at radius 1 is 0.895 bits per heavy atom. The van der Waals surface area contributed by atoms with Crippen LogP contribution >= 0.6 is 0 Å². The molecule has 0 atom stereocenters. The van der Waals surface area contributed by atoms with Gasteiger partial charge in [0.05, 0.1) is 0 Å². The molecule has 6 nitrogen and oxygen atoms in total. The molecule has 0 aliphatic rings. The summed E-state index contributed by atoms with van der Waals surface area (Å²) in [6.45, 7) is 2.88. The highest BCUT2D eigenvalue weighted by molar-refractivity contribution is 8.05. The van der Waals surface area contributed by atoms with Crippen molar-refractivity contribution in [1.82, 2.24) is 4.13 Å². The third kappa shape index (κ3) is 6.93. The largest absolute Gasteiger partial charge is 0.512 e. The molecule has 0 bridgehead atoms. The maximum absolute atomic E-state index is 11.5. The van der Waals surface area contributed by atoms with E-state index in [1.807, 2.05) is 0 Å². The quantitative estimate of drug-likeness (QED) is 0.733. The zero-order chi connectivity index (χ0) is 16.1. The molecule has 0 heterocycles. The van der Waals surface area contributed by atoms with Gasteiger partial charge in [-0.15, -0.1) is 0 Å². The van der Waals surface area contributed by atoms with Crippen molar-refractivity contribution in [2.24, 2.45) is 5.73 Å². The first-order valence-electron chi connectivity index (χ1n) is 4.23. The van der Waals surface area contributed by atoms with Crippen molar-refractivity contribution in [3.05, 3.63) is 0 Å². The van der Waals surface area contributed by atoms with Gasteiger partial charge in [0.1, 0.15) is 0 Å². The van der Waals surface area contributed by atoms with Gasteiger partial charge in [0.25, 0.3) is 0 Å². The molecule has 0 fully saturated rings. The Morgan fingerprint density at radius 3 is 1.21 bits per heavy atom. The van der Waals surface area contributed by atoms with Gasteiger partial charge < -0.3 is 5.73 Å². The SMILES string of the molecule is CCCN.O=S(=O)(NS(=O)(=O)C(F)(F)F)C(F)(F)F. The normalized spacial score (nSPS) is 13.7. The van der Waals surface area contributed by atoms with Gasteiger partial charge in [0, 0.05) is 0 Å². The smallest absolute Gasteiger partial charge is 0.330 e. The van der Waals surface area contributed by atoms with E-state index in [2.05, 4.69) is 6.92 Å². The predicted octanol–water partition coefficient (Wildman–Crippen LogP) is 0.630. The number of halogens is 6. The highest BCUT2D eigenvalue weighted by Gasteiger charge is 2.55. The zero-order valence-corrected chi connectivity index (χ0v) is 10.8. The van der Waals surface area contributed by atoms with Crippen molar-refractivity contribution in [3.63, 3.8) is 0 Å². The summed E-state index contributed by atoms with van der Waals surface area (Å²) in [5.74, 6) is 0. The second-order valence-corrected chi connectivity index (χ2v) is 6.38. The maximum Gasteiger partial charge on any atom is 0.512 e. The summed E-state index contributed by atoms with van der Waals surface area (Å²) in [5.41, 5.74) is -7.27. The van der Waals surface area contributed by atoms with Crippen molar-refractivity contribution < 1.29 is 43.2 Å². The summed E-state index contributed by atoms with van der Waals surface area (Å²) >= 11 is 0. The average molecular weight is 340 g/mol. The maximum atomic E-state index is 11.5. The van der Waals surface area contributed by atoms with Gasteiger partial charge in [0.15, 0.2) is 0 Å². The van der Waals surface area contributed by atoms with Crippen molar-refractivity contribution in [1.29, 1.82) is 0 Å². The van der Waals surface area contributed by atoms with E-state index in [9.17, 15) is 43.2 Å². The van der Waals surface area contributed by atoms with Crippen LogP contribution in [-0.2, 0) is 20.0 Å². The van der Waals surface area contributed by atoms with Gasteiger partial charge >= 0.3 is 31.1 Å². The fraction of sp³-hybridized carbons (Fsp3) is 1.00. The molecule has 0 spiro atoms. The topological polar surface area (TPSA) is 106 Å². The lowest BCUT2D eigenvalue weighted by molar-refractivity contribution is -0.0476. The molecule has 0 amide bonds. The molecule has 0 unspecified atom stereocenters. The summed E-state index contributed by atoms with van der Waals surface area (Å²) in [6.07, 6.45) is 1.10. The third-order valence-corrected chi connectivity index (χ3v) is 4.09. The third-order valence-electron chi connectivity index (χ3n) is 1.12. The first kappa shape index (κ1) is 20.7. The Labute approximate surface area is 105 Å². The Morgan fingerprint density at radius 2 is 1.11 bits per heavy atom. The first-order chi connectivity index (χ1) is 8.12. The van der Waals surface area contributed by atoms with E-state index in [0.29, 0.717) is 0 Å². The molecule has 0 aliphatic carbocycles. The van der Waals surface area contributed by atoms with E-state index < -0.39 is 35.2 Å². The van der Waals surface area contributed by atoms with Crippen molar-refractivity contribution >= 4 is 20.0 Å². The summed E-state index contributed by atoms with van der Waals surface area (Å²) in [6, 6.07) is 0. The zero-order valence-electron chi connectivity index (χ0n) is 9.21. The van der Waals surface area contributed by atoms with E-state index in [-0.39, 0.29) is 0 Å². The summed E-state index contributed by atoms with van der Waals surface area (Å²) in [5, 5.41) is 0. The lowest BCUT2D eigenvalue weighted by Gasteiger charge is -2.11.